The second kappa shape index (κ2) is 76.4. The third-order valence-electron chi connectivity index (χ3n) is 20.3. The van der Waals surface area contributed by atoms with Gasteiger partial charge in [0, 0.05) is 25.7 Å². The Hall–Kier alpha value is -1.94. The van der Waals surface area contributed by atoms with Gasteiger partial charge in [0.1, 0.15) is 19.3 Å². The van der Waals surface area contributed by atoms with E-state index in [0.717, 1.165) is 102 Å². The van der Waals surface area contributed by atoms with Gasteiger partial charge in [0.25, 0.3) is 0 Å². The maximum absolute atomic E-state index is 13.1. The first-order valence-corrected chi connectivity index (χ1v) is 47.0. The minimum absolute atomic E-state index is 0.108. The van der Waals surface area contributed by atoms with Crippen molar-refractivity contribution in [3.63, 3.8) is 0 Å². The van der Waals surface area contributed by atoms with Gasteiger partial charge in [-0.1, -0.05) is 401 Å². The molecular weight excluding hydrogens is 1350 g/mol. The van der Waals surface area contributed by atoms with Gasteiger partial charge in [0.05, 0.1) is 26.4 Å². The number of phosphoric acid groups is 2. The maximum atomic E-state index is 13.1. The van der Waals surface area contributed by atoms with Crippen LogP contribution in [0.15, 0.2) is 0 Å². The zero-order valence-corrected chi connectivity index (χ0v) is 70.1. The summed E-state index contributed by atoms with van der Waals surface area (Å²) in [6.07, 6.45) is 68.0. The van der Waals surface area contributed by atoms with Gasteiger partial charge in [0.2, 0.25) is 0 Å². The van der Waals surface area contributed by atoms with Crippen LogP contribution in [0.25, 0.3) is 0 Å². The van der Waals surface area contributed by atoms with Crippen LogP contribution in [0.5, 0.6) is 0 Å². The number of carbonyl (C=O) groups excluding carboxylic acids is 4. The average molecular weight is 1520 g/mol. The standard InChI is InChI=1S/C85H166O17P2/c1-7-10-12-14-16-18-20-22-23-24-25-26-27-32-36-40-44-52-58-64-70-85(90)101-80(73-95-82(87)67-61-55-49-42-38-35-31-29-28-30-34-37-41-47-53-59-65-77(4)5)75-99-103(91,92)97-71-79(86)72-98-104(93,94)100-76-81(74-96-83(88)68-62-56-50-46-45-48-54-60-66-78(6)9-3)102-84(89)69-63-57-51-43-39-33-21-19-17-15-13-11-8-2/h77-81,86H,7-76H2,1-6H3,(H,91,92)(H,93,94)/t78?,79-,80-,81-/m1/s1. The Balaban J connectivity index is 5.24. The SMILES string of the molecule is CCCCCCCCCCCCCCCCCCCCCCC(=O)O[C@H](COC(=O)CCCCCCCCCCCCCCCCCCC(C)C)COP(=O)(O)OC[C@@H](O)COP(=O)(O)OC[C@@H](COC(=O)CCCCCCCCCCC(C)CC)OC(=O)CCCCCCCCCCCCCCC. The Morgan fingerprint density at radius 3 is 0.731 bits per heavy atom. The van der Waals surface area contributed by atoms with E-state index < -0.39 is 97.5 Å². The highest BCUT2D eigenvalue weighted by atomic mass is 31.2. The Morgan fingerprint density at radius 2 is 0.490 bits per heavy atom. The van der Waals surface area contributed by atoms with Crippen LogP contribution in [-0.4, -0.2) is 96.7 Å². The number of unbranched alkanes of at least 4 members (excludes halogenated alkanes) is 53. The second-order valence-corrected chi connectivity index (χ2v) is 34.2. The lowest BCUT2D eigenvalue weighted by atomic mass is 9.99. The van der Waals surface area contributed by atoms with E-state index in [0.29, 0.717) is 25.7 Å². The van der Waals surface area contributed by atoms with Gasteiger partial charge in [-0.05, 0) is 37.5 Å². The van der Waals surface area contributed by atoms with Gasteiger partial charge >= 0.3 is 39.5 Å². The van der Waals surface area contributed by atoms with E-state index in [1.807, 2.05) is 0 Å². The molecule has 6 atom stereocenters. The molecular formula is C85H166O17P2. The summed E-state index contributed by atoms with van der Waals surface area (Å²) in [5, 5.41) is 10.7. The van der Waals surface area contributed by atoms with Gasteiger partial charge in [-0.3, -0.25) is 37.3 Å². The monoisotopic (exact) mass is 1520 g/mol. The van der Waals surface area contributed by atoms with Gasteiger partial charge in [-0.15, -0.1) is 0 Å². The van der Waals surface area contributed by atoms with E-state index in [1.54, 1.807) is 0 Å². The highest BCUT2D eigenvalue weighted by molar-refractivity contribution is 7.47. The van der Waals surface area contributed by atoms with Gasteiger partial charge in [-0.25, -0.2) is 9.13 Å². The van der Waals surface area contributed by atoms with Crippen molar-refractivity contribution in [3.05, 3.63) is 0 Å². The molecule has 0 saturated heterocycles. The van der Waals surface area contributed by atoms with Gasteiger partial charge in [0.15, 0.2) is 12.2 Å². The van der Waals surface area contributed by atoms with Crippen molar-refractivity contribution >= 4 is 39.5 Å². The molecule has 618 valence electrons. The minimum Gasteiger partial charge on any atom is -0.462 e. The Kier molecular flexibility index (Phi) is 75.0. The number of hydrogen-bond acceptors (Lipinski definition) is 15. The molecule has 3 unspecified atom stereocenters. The summed E-state index contributed by atoms with van der Waals surface area (Å²) in [6, 6.07) is 0. The number of carbonyl (C=O) groups is 4. The summed E-state index contributed by atoms with van der Waals surface area (Å²) in [5.41, 5.74) is 0. The van der Waals surface area contributed by atoms with Crippen molar-refractivity contribution in [1.82, 2.24) is 0 Å². The molecule has 0 rings (SSSR count). The summed E-state index contributed by atoms with van der Waals surface area (Å²) in [6.45, 7) is 9.70. The van der Waals surface area contributed by atoms with Crippen LogP contribution in [-0.2, 0) is 65.4 Å². The number of aliphatic hydroxyl groups excluding tert-OH is 1. The lowest BCUT2D eigenvalue weighted by Crippen LogP contribution is -2.30. The zero-order chi connectivity index (χ0) is 76.4. The summed E-state index contributed by atoms with van der Waals surface area (Å²) < 4.78 is 68.9. The molecule has 0 aliphatic rings. The van der Waals surface area contributed by atoms with Crippen molar-refractivity contribution in [2.75, 3.05) is 39.6 Å². The third kappa shape index (κ3) is 76.8. The predicted molar refractivity (Wildman–Crippen MR) is 428 cm³/mol. The molecule has 3 N–H and O–H groups in total. The third-order valence-corrected chi connectivity index (χ3v) is 22.2. The summed E-state index contributed by atoms with van der Waals surface area (Å²) >= 11 is 0. The number of esters is 4. The lowest BCUT2D eigenvalue weighted by Gasteiger charge is -2.21. The molecule has 0 aliphatic carbocycles. The smallest absolute Gasteiger partial charge is 0.462 e. The largest absolute Gasteiger partial charge is 0.472 e. The van der Waals surface area contributed by atoms with E-state index in [1.165, 1.54) is 270 Å². The average Bonchev–Trinajstić information content (AvgIpc) is 0.919. The fraction of sp³-hybridized carbons (Fsp3) is 0.953. The molecule has 104 heavy (non-hydrogen) atoms. The van der Waals surface area contributed by atoms with E-state index >= 15 is 0 Å². The summed E-state index contributed by atoms with van der Waals surface area (Å²) in [7, 11) is -9.93. The molecule has 0 fully saturated rings. The molecule has 0 aromatic carbocycles. The maximum Gasteiger partial charge on any atom is 0.472 e. The fourth-order valence-electron chi connectivity index (χ4n) is 13.2. The Bertz CT molecular complexity index is 2000. The van der Waals surface area contributed by atoms with Gasteiger partial charge in [-0.2, -0.15) is 0 Å². The minimum atomic E-state index is -4.97. The molecule has 17 nitrogen and oxygen atoms in total. The first kappa shape index (κ1) is 102. The molecule has 0 aromatic heterocycles. The fourth-order valence-corrected chi connectivity index (χ4v) is 14.8. The quantitative estimate of drug-likeness (QED) is 0.0222. The number of rotatable bonds is 84. The van der Waals surface area contributed by atoms with Crippen molar-refractivity contribution in [2.45, 2.75) is 471 Å². The van der Waals surface area contributed by atoms with Gasteiger partial charge < -0.3 is 33.8 Å². The Labute approximate surface area is 638 Å². The van der Waals surface area contributed by atoms with Crippen LogP contribution in [0.4, 0.5) is 0 Å². The zero-order valence-electron chi connectivity index (χ0n) is 68.3. The first-order valence-electron chi connectivity index (χ1n) is 44.0. The highest BCUT2D eigenvalue weighted by Gasteiger charge is 2.30. The second-order valence-electron chi connectivity index (χ2n) is 31.3. The molecule has 0 spiro atoms. The van der Waals surface area contributed by atoms with Crippen molar-refractivity contribution in [3.8, 4) is 0 Å². The predicted octanol–water partition coefficient (Wildman–Crippen LogP) is 25.8. The Morgan fingerprint density at radius 1 is 0.279 bits per heavy atom. The van der Waals surface area contributed by atoms with Crippen molar-refractivity contribution < 1.29 is 80.2 Å². The molecule has 0 aromatic rings. The van der Waals surface area contributed by atoms with Crippen molar-refractivity contribution in [2.24, 2.45) is 11.8 Å². The van der Waals surface area contributed by atoms with Crippen LogP contribution in [0, 0.1) is 11.8 Å². The molecule has 0 bridgehead atoms. The van der Waals surface area contributed by atoms with E-state index in [-0.39, 0.29) is 25.7 Å². The molecule has 0 amide bonds. The van der Waals surface area contributed by atoms with Crippen LogP contribution in [0.3, 0.4) is 0 Å². The number of phosphoric ester groups is 2. The number of hydrogen-bond donors (Lipinski definition) is 3. The number of aliphatic hydroxyl groups is 1. The lowest BCUT2D eigenvalue weighted by molar-refractivity contribution is -0.161. The highest BCUT2D eigenvalue weighted by Crippen LogP contribution is 2.45. The molecule has 0 radical (unpaired) electrons. The normalized spacial score (nSPS) is 14.1. The van der Waals surface area contributed by atoms with E-state index in [4.69, 9.17) is 37.0 Å². The van der Waals surface area contributed by atoms with Crippen LogP contribution >= 0.6 is 15.6 Å². The molecule has 19 heteroatoms. The molecule has 0 heterocycles. The molecule has 0 saturated carbocycles. The summed E-state index contributed by atoms with van der Waals surface area (Å²) in [5.74, 6) is -0.512. The van der Waals surface area contributed by atoms with Crippen molar-refractivity contribution in [1.29, 1.82) is 0 Å². The van der Waals surface area contributed by atoms with Crippen LogP contribution < -0.4 is 0 Å². The van der Waals surface area contributed by atoms with Crippen LogP contribution in [0.1, 0.15) is 452 Å². The van der Waals surface area contributed by atoms with E-state index in [2.05, 4.69) is 41.5 Å². The summed E-state index contributed by atoms with van der Waals surface area (Å²) in [4.78, 5) is 73.2. The topological polar surface area (TPSA) is 237 Å². The number of ether oxygens (including phenoxy) is 4. The van der Waals surface area contributed by atoms with E-state index in [9.17, 15) is 43.2 Å². The first-order chi connectivity index (χ1) is 50.4. The van der Waals surface area contributed by atoms with Crippen LogP contribution in [0.2, 0.25) is 0 Å². The molecule has 0 aliphatic heterocycles.